The van der Waals surface area contributed by atoms with Crippen LogP contribution in [0.5, 0.6) is 0 Å². The Bertz CT molecular complexity index is 316. The van der Waals surface area contributed by atoms with Crippen molar-refractivity contribution in [3.05, 3.63) is 17.9 Å². The fourth-order valence-electron chi connectivity index (χ4n) is 0.731. The number of rotatable bonds is 1. The maximum absolute atomic E-state index is 11.9. The Morgan fingerprint density at radius 2 is 2.08 bits per heavy atom. The molecule has 0 aromatic carbocycles. The van der Waals surface area contributed by atoms with E-state index < -0.39 is 17.8 Å². The van der Waals surface area contributed by atoms with Crippen molar-refractivity contribution in [2.24, 2.45) is 0 Å². The number of hydrogen-bond acceptors (Lipinski definition) is 2. The average Bonchev–Trinajstić information content (AvgIpc) is 2.32. The second-order valence-corrected chi connectivity index (χ2v) is 2.34. The second kappa shape index (κ2) is 3.12. The molecule has 72 valence electrons. The molecule has 0 aliphatic carbocycles. The van der Waals surface area contributed by atoms with Crippen molar-refractivity contribution in [2.45, 2.75) is 13.1 Å². The lowest BCUT2D eigenvalue weighted by Crippen LogP contribution is -2.05. The van der Waals surface area contributed by atoms with Crippen molar-refractivity contribution < 1.29 is 22.4 Å². The molecule has 1 aromatic rings. The molecule has 0 fully saturated rings. The van der Waals surface area contributed by atoms with Gasteiger partial charge in [0.25, 0.3) is 0 Å². The summed E-state index contributed by atoms with van der Waals surface area (Å²) in [6.07, 6.45) is -4.52. The summed E-state index contributed by atoms with van der Waals surface area (Å²) in [5.74, 6) is -1.82. The first-order chi connectivity index (χ1) is 5.89. The molecule has 0 atom stereocenters. The van der Waals surface area contributed by atoms with Gasteiger partial charge in [0.05, 0.1) is 0 Å². The summed E-state index contributed by atoms with van der Waals surface area (Å²) in [6.45, 7) is 1.18. The van der Waals surface area contributed by atoms with Gasteiger partial charge in [0.2, 0.25) is 11.7 Å². The van der Waals surface area contributed by atoms with Gasteiger partial charge in [-0.05, 0) is 6.07 Å². The average molecular weight is 193 g/mol. The van der Waals surface area contributed by atoms with E-state index in [4.69, 9.17) is 0 Å². The molecular weight excluding hydrogens is 187 g/mol. The highest BCUT2D eigenvalue weighted by Crippen LogP contribution is 2.31. The molecule has 1 rings (SSSR count). The summed E-state index contributed by atoms with van der Waals surface area (Å²) in [7, 11) is 0. The van der Waals surface area contributed by atoms with E-state index in [2.05, 4.69) is 9.73 Å². The topological polar surface area (TPSA) is 42.2 Å². The number of furan rings is 1. The van der Waals surface area contributed by atoms with Gasteiger partial charge in [0.1, 0.15) is 0 Å². The van der Waals surface area contributed by atoms with E-state index in [0.717, 1.165) is 12.1 Å². The summed E-state index contributed by atoms with van der Waals surface area (Å²) in [5.41, 5.74) is 0. The van der Waals surface area contributed by atoms with Gasteiger partial charge in [-0.1, -0.05) is 0 Å². The Hall–Kier alpha value is -1.46. The number of carbonyl (C=O) groups excluding carboxylic acids is 1. The van der Waals surface area contributed by atoms with Crippen LogP contribution < -0.4 is 5.32 Å². The first kappa shape index (κ1) is 9.63. The fraction of sp³-hybridized carbons (Fsp3) is 0.286. The minimum absolute atomic E-state index is 0.208. The minimum Gasteiger partial charge on any atom is -0.436 e. The summed E-state index contributed by atoms with van der Waals surface area (Å²) in [5, 5.41) is 2.09. The number of anilines is 1. The Balaban J connectivity index is 2.81. The maximum Gasteiger partial charge on any atom is 0.449 e. The third-order valence-electron chi connectivity index (χ3n) is 1.18. The lowest BCUT2D eigenvalue weighted by molar-refractivity contribution is -0.152. The minimum atomic E-state index is -4.52. The molecule has 0 radical (unpaired) electrons. The van der Waals surface area contributed by atoms with Gasteiger partial charge in [0.15, 0.2) is 5.88 Å². The fourth-order valence-corrected chi connectivity index (χ4v) is 0.731. The van der Waals surface area contributed by atoms with E-state index in [0.29, 0.717) is 0 Å². The van der Waals surface area contributed by atoms with Crippen molar-refractivity contribution >= 4 is 11.8 Å². The highest BCUT2D eigenvalue weighted by Gasteiger charge is 2.34. The first-order valence-corrected chi connectivity index (χ1v) is 3.34. The number of nitrogens with one attached hydrogen (secondary N) is 1. The van der Waals surface area contributed by atoms with Crippen LogP contribution in [-0.4, -0.2) is 5.91 Å². The number of carbonyl (C=O) groups is 1. The molecule has 0 aliphatic rings. The van der Waals surface area contributed by atoms with Crippen LogP contribution in [0.4, 0.5) is 19.1 Å². The SMILES string of the molecule is CC(=O)Nc1ccc(C(F)(F)F)o1. The first-order valence-electron chi connectivity index (χ1n) is 3.34. The van der Waals surface area contributed by atoms with Gasteiger partial charge >= 0.3 is 6.18 Å². The standard InChI is InChI=1S/C7H6F3NO2/c1-4(12)11-6-3-2-5(13-6)7(8,9)10/h2-3H,1H3,(H,11,12). The molecule has 1 N–H and O–H groups in total. The van der Waals surface area contributed by atoms with Crippen molar-refractivity contribution in [1.82, 2.24) is 0 Å². The zero-order chi connectivity index (χ0) is 10.1. The van der Waals surface area contributed by atoms with Crippen LogP contribution in [0.3, 0.4) is 0 Å². The van der Waals surface area contributed by atoms with Crippen LogP contribution in [0, 0.1) is 0 Å². The zero-order valence-electron chi connectivity index (χ0n) is 6.61. The number of alkyl halides is 3. The highest BCUT2D eigenvalue weighted by atomic mass is 19.4. The summed E-state index contributed by atoms with van der Waals surface area (Å²) >= 11 is 0. The molecule has 0 spiro atoms. The molecular formula is C7H6F3NO2. The summed E-state index contributed by atoms with van der Waals surface area (Å²) < 4.78 is 40.1. The monoisotopic (exact) mass is 193 g/mol. The molecule has 0 bridgehead atoms. The van der Waals surface area contributed by atoms with Crippen LogP contribution >= 0.6 is 0 Å². The molecule has 1 heterocycles. The second-order valence-electron chi connectivity index (χ2n) is 2.34. The van der Waals surface area contributed by atoms with Crippen LogP contribution in [0.25, 0.3) is 0 Å². The molecule has 0 aliphatic heterocycles. The smallest absolute Gasteiger partial charge is 0.436 e. The van der Waals surface area contributed by atoms with Crippen molar-refractivity contribution in [3.63, 3.8) is 0 Å². The summed E-state index contributed by atoms with van der Waals surface area (Å²) in [6, 6.07) is 1.80. The maximum atomic E-state index is 11.9. The zero-order valence-corrected chi connectivity index (χ0v) is 6.61. The molecule has 0 unspecified atom stereocenters. The Morgan fingerprint density at radius 1 is 1.46 bits per heavy atom. The van der Waals surface area contributed by atoms with Gasteiger partial charge < -0.3 is 4.42 Å². The summed E-state index contributed by atoms with van der Waals surface area (Å²) in [4.78, 5) is 10.4. The number of halogens is 3. The van der Waals surface area contributed by atoms with E-state index in [1.54, 1.807) is 0 Å². The molecule has 3 nitrogen and oxygen atoms in total. The van der Waals surface area contributed by atoms with Gasteiger partial charge in [-0.25, -0.2) is 0 Å². The number of amides is 1. The third-order valence-corrected chi connectivity index (χ3v) is 1.18. The van der Waals surface area contributed by atoms with Crippen molar-refractivity contribution in [3.8, 4) is 0 Å². The predicted molar refractivity (Wildman–Crippen MR) is 38.0 cm³/mol. The van der Waals surface area contributed by atoms with Crippen LogP contribution in [-0.2, 0) is 11.0 Å². The van der Waals surface area contributed by atoms with Gasteiger partial charge in [-0.3, -0.25) is 10.1 Å². The van der Waals surface area contributed by atoms with Crippen molar-refractivity contribution in [1.29, 1.82) is 0 Å². The van der Waals surface area contributed by atoms with E-state index in [1.807, 2.05) is 0 Å². The van der Waals surface area contributed by atoms with E-state index >= 15 is 0 Å². The molecule has 0 saturated carbocycles. The van der Waals surface area contributed by atoms with Crippen molar-refractivity contribution in [2.75, 3.05) is 5.32 Å². The third kappa shape index (κ3) is 2.50. The van der Waals surface area contributed by atoms with Crippen LogP contribution in [0.1, 0.15) is 12.7 Å². The van der Waals surface area contributed by atoms with Gasteiger partial charge in [-0.15, -0.1) is 0 Å². The Kier molecular flexibility index (Phi) is 2.31. The largest absolute Gasteiger partial charge is 0.449 e. The lowest BCUT2D eigenvalue weighted by Gasteiger charge is -2.00. The van der Waals surface area contributed by atoms with Gasteiger partial charge in [-0.2, -0.15) is 13.2 Å². The van der Waals surface area contributed by atoms with Gasteiger partial charge in [0, 0.05) is 13.0 Å². The highest BCUT2D eigenvalue weighted by molar-refractivity contribution is 5.87. The Labute approximate surface area is 71.5 Å². The molecule has 6 heteroatoms. The number of hydrogen-bond donors (Lipinski definition) is 1. The van der Waals surface area contributed by atoms with E-state index in [9.17, 15) is 18.0 Å². The molecule has 1 amide bonds. The lowest BCUT2D eigenvalue weighted by atomic mass is 10.4. The van der Waals surface area contributed by atoms with Crippen LogP contribution in [0.2, 0.25) is 0 Å². The normalized spacial score (nSPS) is 11.4. The molecule has 1 aromatic heterocycles. The van der Waals surface area contributed by atoms with E-state index in [1.165, 1.54) is 6.92 Å². The Morgan fingerprint density at radius 3 is 2.46 bits per heavy atom. The van der Waals surface area contributed by atoms with Crippen LogP contribution in [0.15, 0.2) is 16.5 Å². The van der Waals surface area contributed by atoms with E-state index in [-0.39, 0.29) is 5.88 Å². The molecule has 0 saturated heterocycles. The quantitative estimate of drug-likeness (QED) is 0.743. The molecule has 13 heavy (non-hydrogen) atoms. The predicted octanol–water partition coefficient (Wildman–Crippen LogP) is 2.26.